The highest BCUT2D eigenvalue weighted by molar-refractivity contribution is 7.47. The number of allylic oxidation sites excluding steroid dienone is 6. The van der Waals surface area contributed by atoms with Crippen molar-refractivity contribution in [1.29, 1.82) is 0 Å². The molecule has 0 heterocycles. The minimum Gasteiger partial charge on any atom is -0.480 e. The first-order valence-corrected chi connectivity index (χ1v) is 27.5. The lowest BCUT2D eigenvalue weighted by Gasteiger charge is -2.18. The second kappa shape index (κ2) is 47.2. The highest BCUT2D eigenvalue weighted by atomic mass is 31.2. The maximum atomic E-state index is 12.4. The molecule has 3 atom stereocenters. The van der Waals surface area contributed by atoms with Crippen LogP contribution in [0.15, 0.2) is 36.5 Å². The minimum atomic E-state index is -4.76. The third-order valence-corrected chi connectivity index (χ3v) is 12.4. The molecule has 0 rings (SSSR count). The van der Waals surface area contributed by atoms with E-state index in [1.807, 2.05) is 0 Å². The van der Waals surface area contributed by atoms with Crippen molar-refractivity contribution in [3.05, 3.63) is 36.5 Å². The van der Waals surface area contributed by atoms with Gasteiger partial charge in [-0.2, -0.15) is 0 Å². The molecule has 0 spiro atoms. The highest BCUT2D eigenvalue weighted by Gasteiger charge is 2.28. The first kappa shape index (κ1) is 61.7. The first-order chi connectivity index (χ1) is 31.1. The molecular weight excluding hydrogens is 830 g/mol. The fraction of sp³-hybridized carbons (Fsp3) is 0.827. The molecule has 11 nitrogen and oxygen atoms in total. The number of phosphoric acid groups is 1. The van der Waals surface area contributed by atoms with E-state index in [0.717, 1.165) is 64.2 Å². The summed E-state index contributed by atoms with van der Waals surface area (Å²) in [4.78, 5) is 46.1. The lowest BCUT2D eigenvalue weighted by Crippen LogP contribution is -2.43. The lowest BCUT2D eigenvalue weighted by atomic mass is 10.0. The molecule has 0 aliphatic carbocycles. The number of carboxylic acid groups (broad SMARTS) is 1. The van der Waals surface area contributed by atoms with Crippen LogP contribution >= 0.6 is 7.82 Å². The van der Waals surface area contributed by atoms with Crippen molar-refractivity contribution in [2.24, 2.45) is 0 Å². The number of carbonyl (C=O) groups is 3. The number of amides is 1. The fourth-order valence-corrected chi connectivity index (χ4v) is 8.16. The van der Waals surface area contributed by atoms with Crippen LogP contribution in [0.3, 0.4) is 0 Å². The summed E-state index contributed by atoms with van der Waals surface area (Å²) < 4.78 is 27.0. The molecule has 0 fully saturated rings. The topological polar surface area (TPSA) is 169 Å². The molecule has 0 saturated carbocycles. The zero-order valence-electron chi connectivity index (χ0n) is 40.8. The van der Waals surface area contributed by atoms with Crippen LogP contribution in [0.25, 0.3) is 0 Å². The zero-order chi connectivity index (χ0) is 47.0. The molecule has 12 heteroatoms. The van der Waals surface area contributed by atoms with Crippen LogP contribution in [0, 0.1) is 0 Å². The number of esters is 1. The first-order valence-electron chi connectivity index (χ1n) is 26.0. The van der Waals surface area contributed by atoms with Crippen LogP contribution in [0.5, 0.6) is 0 Å². The van der Waals surface area contributed by atoms with Crippen LogP contribution in [-0.2, 0) is 32.7 Å². The van der Waals surface area contributed by atoms with Gasteiger partial charge in [-0.15, -0.1) is 0 Å². The molecule has 0 aromatic rings. The van der Waals surface area contributed by atoms with E-state index in [9.17, 15) is 34.1 Å². The number of carbonyl (C=O) groups excluding carboxylic acids is 2. The molecule has 0 saturated heterocycles. The number of nitrogens with one attached hydrogen (secondary N) is 1. The Morgan fingerprint density at radius 2 is 0.859 bits per heavy atom. The molecule has 0 aliphatic heterocycles. The molecule has 0 bridgehead atoms. The van der Waals surface area contributed by atoms with Crippen molar-refractivity contribution < 1.29 is 47.8 Å². The number of ether oxygens (including phenoxy) is 1. The Morgan fingerprint density at radius 3 is 1.31 bits per heavy atom. The molecule has 374 valence electrons. The quantitative estimate of drug-likeness (QED) is 0.0199. The summed E-state index contributed by atoms with van der Waals surface area (Å²) in [7, 11) is -4.76. The summed E-state index contributed by atoms with van der Waals surface area (Å²) in [5, 5.41) is 21.9. The number of carboxylic acids is 1. The maximum absolute atomic E-state index is 12.4. The Morgan fingerprint density at radius 1 is 0.500 bits per heavy atom. The molecule has 0 aromatic heterocycles. The lowest BCUT2D eigenvalue weighted by molar-refractivity contribution is -0.147. The van der Waals surface area contributed by atoms with Gasteiger partial charge in [0.05, 0.1) is 13.2 Å². The van der Waals surface area contributed by atoms with Gasteiger partial charge in [-0.1, -0.05) is 217 Å². The number of unbranched alkanes of at least 4 members (excludes halogenated alkanes) is 29. The van der Waals surface area contributed by atoms with E-state index in [1.54, 1.807) is 0 Å². The zero-order valence-corrected chi connectivity index (χ0v) is 41.7. The molecule has 0 aliphatic rings. The van der Waals surface area contributed by atoms with Gasteiger partial charge in [-0.05, 0) is 51.4 Å². The number of hydrogen-bond donors (Lipinski definition) is 4. The van der Waals surface area contributed by atoms with Gasteiger partial charge in [0.25, 0.3) is 0 Å². The van der Waals surface area contributed by atoms with Gasteiger partial charge in [-0.25, -0.2) is 9.36 Å². The Kier molecular flexibility index (Phi) is 45.5. The van der Waals surface area contributed by atoms with E-state index in [4.69, 9.17) is 13.8 Å². The van der Waals surface area contributed by atoms with Crippen molar-refractivity contribution in [2.75, 3.05) is 19.8 Å². The molecule has 0 aromatic carbocycles. The summed E-state index contributed by atoms with van der Waals surface area (Å²) >= 11 is 0. The van der Waals surface area contributed by atoms with Crippen LogP contribution in [0.4, 0.5) is 0 Å². The number of hydrogen-bond acceptors (Lipinski definition) is 8. The van der Waals surface area contributed by atoms with E-state index < -0.39 is 57.6 Å². The molecule has 4 N–H and O–H groups in total. The van der Waals surface area contributed by atoms with E-state index >= 15 is 0 Å². The third-order valence-electron chi connectivity index (χ3n) is 11.4. The molecular formula is C52H96NO10P. The SMILES string of the molecule is CCCCC/C=C\C/C=C\C/C=C\CCCCCCCCCCC(=O)NC(COP(=O)(O)OCC(O)COC(=O)CCCCCCCCCCCCCCCCCCCCC)C(=O)O. The van der Waals surface area contributed by atoms with Crippen LogP contribution in [-0.4, -0.2) is 64.9 Å². The second-order valence-electron chi connectivity index (χ2n) is 17.7. The smallest absolute Gasteiger partial charge is 0.472 e. The van der Waals surface area contributed by atoms with E-state index in [0.29, 0.717) is 12.8 Å². The van der Waals surface area contributed by atoms with Gasteiger partial charge in [0, 0.05) is 12.8 Å². The minimum absolute atomic E-state index is 0.138. The van der Waals surface area contributed by atoms with E-state index in [2.05, 4.69) is 55.6 Å². The fourth-order valence-electron chi connectivity index (χ4n) is 7.38. The van der Waals surface area contributed by atoms with Crippen LogP contribution in [0.1, 0.15) is 245 Å². The Balaban J connectivity index is 3.82. The predicted molar refractivity (Wildman–Crippen MR) is 263 cm³/mol. The number of phosphoric ester groups is 1. The maximum Gasteiger partial charge on any atom is 0.472 e. The summed E-state index contributed by atoms with van der Waals surface area (Å²) in [6.07, 6.45) is 53.0. The summed E-state index contributed by atoms with van der Waals surface area (Å²) in [5.41, 5.74) is 0. The van der Waals surface area contributed by atoms with Gasteiger partial charge in [0.1, 0.15) is 12.7 Å². The Labute approximate surface area is 391 Å². The van der Waals surface area contributed by atoms with Gasteiger partial charge in [0.15, 0.2) is 6.04 Å². The van der Waals surface area contributed by atoms with E-state index in [1.165, 1.54) is 141 Å². The van der Waals surface area contributed by atoms with E-state index in [-0.39, 0.29) is 12.8 Å². The third kappa shape index (κ3) is 46.2. The van der Waals surface area contributed by atoms with Crippen LogP contribution < -0.4 is 5.32 Å². The van der Waals surface area contributed by atoms with Crippen molar-refractivity contribution in [3.63, 3.8) is 0 Å². The summed E-state index contributed by atoms with van der Waals surface area (Å²) in [6, 6.07) is -1.55. The number of aliphatic hydroxyl groups excluding tert-OH is 1. The number of aliphatic carboxylic acids is 1. The van der Waals surface area contributed by atoms with Gasteiger partial charge in [-0.3, -0.25) is 18.6 Å². The largest absolute Gasteiger partial charge is 0.480 e. The predicted octanol–water partition coefficient (Wildman–Crippen LogP) is 14.3. The van der Waals surface area contributed by atoms with Gasteiger partial charge in [0.2, 0.25) is 5.91 Å². The average molecular weight is 926 g/mol. The van der Waals surface area contributed by atoms with Crippen LogP contribution in [0.2, 0.25) is 0 Å². The second-order valence-corrected chi connectivity index (χ2v) is 19.2. The molecule has 1 amide bonds. The summed E-state index contributed by atoms with van der Waals surface area (Å²) in [5.74, 6) is -2.37. The van der Waals surface area contributed by atoms with Crippen molar-refractivity contribution in [2.45, 2.75) is 257 Å². The Hall–Kier alpha value is -2.30. The standard InChI is InChI=1S/C52H96NO10P/c1-3-5-7-9-11-13-15-17-19-21-23-24-26-27-29-31-33-35-37-39-41-43-50(55)53-49(52(57)58)47-63-64(59,60)62-46-48(54)45-61-51(56)44-42-40-38-36-34-32-30-28-25-22-20-18-16-14-12-10-8-6-4-2/h11,13,17,19,23-24,48-49,54H,3-10,12,14-16,18,20-22,25-47H2,1-2H3,(H,53,55)(H,57,58)(H,59,60)/b13-11-,19-17-,24-23-. The number of aliphatic hydroxyl groups is 1. The summed E-state index contributed by atoms with van der Waals surface area (Å²) in [6.45, 7) is 2.60. The monoisotopic (exact) mass is 926 g/mol. The Bertz CT molecular complexity index is 1220. The normalized spacial score (nSPS) is 13.8. The highest BCUT2D eigenvalue weighted by Crippen LogP contribution is 2.43. The molecule has 0 radical (unpaired) electrons. The van der Waals surface area contributed by atoms with Gasteiger partial charge >= 0.3 is 19.8 Å². The van der Waals surface area contributed by atoms with Crippen molar-refractivity contribution in [1.82, 2.24) is 5.32 Å². The van der Waals surface area contributed by atoms with Gasteiger partial charge < -0.3 is 25.2 Å². The molecule has 64 heavy (non-hydrogen) atoms. The van der Waals surface area contributed by atoms with Crippen molar-refractivity contribution >= 4 is 25.7 Å². The molecule has 3 unspecified atom stereocenters. The number of rotatable bonds is 49. The average Bonchev–Trinajstić information content (AvgIpc) is 3.27. The van der Waals surface area contributed by atoms with Crippen molar-refractivity contribution in [3.8, 4) is 0 Å².